The van der Waals surface area contributed by atoms with Crippen LogP contribution in [-0.2, 0) is 4.74 Å². The van der Waals surface area contributed by atoms with Crippen LogP contribution in [0.15, 0.2) is 0 Å². The predicted molar refractivity (Wildman–Crippen MR) is 62.6 cm³/mol. The summed E-state index contributed by atoms with van der Waals surface area (Å²) in [7, 11) is 0. The van der Waals surface area contributed by atoms with E-state index >= 15 is 0 Å². The molecule has 0 radical (unpaired) electrons. The normalized spacial score (nSPS) is 30.8. The lowest BCUT2D eigenvalue weighted by atomic mass is 10.0. The zero-order chi connectivity index (χ0) is 12.3. The Hall–Kier alpha value is -0.850. The minimum atomic E-state index is -0.708. The van der Waals surface area contributed by atoms with Gasteiger partial charge in [0.15, 0.2) is 0 Å². The monoisotopic (exact) mass is 243 g/mol. The molecule has 2 aliphatic heterocycles. The molecule has 2 rings (SSSR count). The van der Waals surface area contributed by atoms with Crippen molar-refractivity contribution in [1.82, 2.24) is 10.2 Å². The predicted octanol–water partition coefficient (Wildman–Crippen LogP) is -0.729. The second-order valence-corrected chi connectivity index (χ2v) is 5.01. The lowest BCUT2D eigenvalue weighted by Crippen LogP contribution is -2.50. The molecule has 1 atom stereocenters. The lowest BCUT2D eigenvalue weighted by Gasteiger charge is -2.33. The van der Waals surface area contributed by atoms with Gasteiger partial charge in [-0.15, -0.1) is 0 Å². The largest absolute Gasteiger partial charge is 0.386 e. The smallest absolute Gasteiger partial charge is 0.314 e. The second kappa shape index (κ2) is 5.20. The van der Waals surface area contributed by atoms with Crippen molar-refractivity contribution in [1.29, 1.82) is 0 Å². The molecule has 0 aromatic heterocycles. The number of likely N-dealkylation sites (tertiary alicyclic amines) is 1. The summed E-state index contributed by atoms with van der Waals surface area (Å²) in [6.45, 7) is 3.01. The average Bonchev–Trinajstić information content (AvgIpc) is 2.75. The van der Waals surface area contributed by atoms with E-state index in [4.69, 9.17) is 10.5 Å². The molecule has 2 fully saturated rings. The van der Waals surface area contributed by atoms with Gasteiger partial charge in [-0.25, -0.2) is 4.79 Å². The molecule has 17 heavy (non-hydrogen) atoms. The molecule has 0 saturated carbocycles. The Kier molecular flexibility index (Phi) is 3.86. The second-order valence-electron chi connectivity index (χ2n) is 5.01. The number of nitrogens with one attached hydrogen (secondary N) is 1. The van der Waals surface area contributed by atoms with E-state index in [0.717, 1.165) is 12.8 Å². The zero-order valence-corrected chi connectivity index (χ0v) is 10.0. The quantitative estimate of drug-likeness (QED) is 0.610. The first-order valence-corrected chi connectivity index (χ1v) is 6.17. The van der Waals surface area contributed by atoms with Crippen LogP contribution in [0, 0.1) is 0 Å². The summed E-state index contributed by atoms with van der Waals surface area (Å²) < 4.78 is 5.19. The third-order valence-corrected chi connectivity index (χ3v) is 3.61. The van der Waals surface area contributed by atoms with Gasteiger partial charge in [-0.05, 0) is 12.8 Å². The number of hydrogen-bond acceptors (Lipinski definition) is 4. The molecule has 0 spiro atoms. The van der Waals surface area contributed by atoms with Gasteiger partial charge in [0.1, 0.15) is 5.60 Å². The first-order valence-electron chi connectivity index (χ1n) is 6.17. The highest BCUT2D eigenvalue weighted by atomic mass is 16.5. The van der Waals surface area contributed by atoms with Gasteiger partial charge in [-0.1, -0.05) is 0 Å². The maximum atomic E-state index is 11.0. The minimum absolute atomic E-state index is 0.341. The molecule has 2 saturated heterocycles. The van der Waals surface area contributed by atoms with Crippen LogP contribution in [-0.4, -0.2) is 60.5 Å². The summed E-state index contributed by atoms with van der Waals surface area (Å²) in [5.74, 6) is 0. The van der Waals surface area contributed by atoms with E-state index < -0.39 is 5.60 Å². The highest BCUT2D eigenvalue weighted by molar-refractivity contribution is 5.72. The van der Waals surface area contributed by atoms with Gasteiger partial charge in [0, 0.05) is 38.7 Å². The Labute approximate surface area is 101 Å². The third kappa shape index (κ3) is 3.31. The van der Waals surface area contributed by atoms with Gasteiger partial charge in [-0.2, -0.15) is 0 Å². The molecule has 0 aliphatic carbocycles. The maximum Gasteiger partial charge on any atom is 0.314 e. The molecule has 1 unspecified atom stereocenters. The van der Waals surface area contributed by atoms with E-state index in [9.17, 15) is 9.90 Å². The SMILES string of the molecule is NC(=O)N1CCC(NCC2(O)CCOC2)CC1. The fourth-order valence-corrected chi connectivity index (χ4v) is 2.37. The summed E-state index contributed by atoms with van der Waals surface area (Å²) in [4.78, 5) is 12.6. The van der Waals surface area contributed by atoms with Crippen LogP contribution in [0.3, 0.4) is 0 Å². The topological polar surface area (TPSA) is 87.8 Å². The van der Waals surface area contributed by atoms with E-state index in [1.165, 1.54) is 0 Å². The third-order valence-electron chi connectivity index (χ3n) is 3.61. The van der Waals surface area contributed by atoms with Gasteiger partial charge in [0.25, 0.3) is 0 Å². The van der Waals surface area contributed by atoms with E-state index in [2.05, 4.69) is 5.32 Å². The van der Waals surface area contributed by atoms with E-state index in [-0.39, 0.29) is 6.03 Å². The molecular formula is C11H21N3O3. The number of carbonyl (C=O) groups excluding carboxylic acids is 1. The van der Waals surface area contributed by atoms with Crippen molar-refractivity contribution in [3.63, 3.8) is 0 Å². The molecular weight excluding hydrogens is 222 g/mol. The van der Waals surface area contributed by atoms with Crippen LogP contribution < -0.4 is 11.1 Å². The highest BCUT2D eigenvalue weighted by Gasteiger charge is 2.33. The summed E-state index contributed by atoms with van der Waals surface area (Å²) in [6, 6.07) is 0.0153. The first kappa shape index (κ1) is 12.6. The number of carbonyl (C=O) groups is 1. The van der Waals surface area contributed by atoms with Crippen LogP contribution in [0.1, 0.15) is 19.3 Å². The summed E-state index contributed by atoms with van der Waals surface area (Å²) in [5.41, 5.74) is 4.51. The van der Waals surface area contributed by atoms with Gasteiger partial charge < -0.3 is 25.8 Å². The van der Waals surface area contributed by atoms with Crippen molar-refractivity contribution in [2.75, 3.05) is 32.8 Å². The number of ether oxygens (including phenoxy) is 1. The molecule has 6 heteroatoms. The van der Waals surface area contributed by atoms with Crippen molar-refractivity contribution in [3.8, 4) is 0 Å². The van der Waals surface area contributed by atoms with Crippen LogP contribution >= 0.6 is 0 Å². The number of urea groups is 1. The van der Waals surface area contributed by atoms with E-state index in [1.54, 1.807) is 4.90 Å². The molecule has 98 valence electrons. The highest BCUT2D eigenvalue weighted by Crippen LogP contribution is 2.18. The lowest BCUT2D eigenvalue weighted by molar-refractivity contribution is 0.0231. The summed E-state index contributed by atoms with van der Waals surface area (Å²) >= 11 is 0. The van der Waals surface area contributed by atoms with Crippen molar-refractivity contribution in [2.24, 2.45) is 5.73 Å². The Balaban J connectivity index is 1.69. The molecule has 2 heterocycles. The molecule has 6 nitrogen and oxygen atoms in total. The van der Waals surface area contributed by atoms with Gasteiger partial charge >= 0.3 is 6.03 Å². The molecule has 2 aliphatic rings. The number of rotatable bonds is 3. The zero-order valence-electron chi connectivity index (χ0n) is 10.0. The standard InChI is InChI=1S/C11H21N3O3/c12-10(15)14-4-1-9(2-5-14)13-7-11(16)3-6-17-8-11/h9,13,16H,1-8H2,(H2,12,15). The Morgan fingerprint density at radius 2 is 2.24 bits per heavy atom. The Morgan fingerprint density at radius 3 is 2.76 bits per heavy atom. The van der Waals surface area contributed by atoms with Crippen molar-refractivity contribution >= 4 is 6.03 Å². The van der Waals surface area contributed by atoms with E-state index in [1.807, 2.05) is 0 Å². The molecule has 0 aromatic rings. The average molecular weight is 243 g/mol. The fourth-order valence-electron chi connectivity index (χ4n) is 2.37. The Bertz CT molecular complexity index is 271. The maximum absolute atomic E-state index is 11.0. The van der Waals surface area contributed by atoms with Crippen LogP contribution in [0.25, 0.3) is 0 Å². The summed E-state index contributed by atoms with van der Waals surface area (Å²) in [5, 5.41) is 13.4. The Morgan fingerprint density at radius 1 is 1.53 bits per heavy atom. The number of piperidine rings is 1. The van der Waals surface area contributed by atoms with Crippen LogP contribution in [0.5, 0.6) is 0 Å². The number of nitrogens with two attached hydrogens (primary N) is 1. The number of aliphatic hydroxyl groups is 1. The van der Waals surface area contributed by atoms with Crippen molar-refractivity contribution in [2.45, 2.75) is 30.9 Å². The van der Waals surface area contributed by atoms with Crippen molar-refractivity contribution < 1.29 is 14.6 Å². The number of hydrogen-bond donors (Lipinski definition) is 3. The number of amides is 2. The van der Waals surface area contributed by atoms with E-state index in [0.29, 0.717) is 45.3 Å². The fraction of sp³-hybridized carbons (Fsp3) is 0.909. The van der Waals surface area contributed by atoms with Gasteiger partial charge in [0.2, 0.25) is 0 Å². The first-order chi connectivity index (χ1) is 8.09. The minimum Gasteiger partial charge on any atom is -0.386 e. The molecule has 4 N–H and O–H groups in total. The number of primary amides is 1. The van der Waals surface area contributed by atoms with Gasteiger partial charge in [-0.3, -0.25) is 0 Å². The summed E-state index contributed by atoms with van der Waals surface area (Å²) in [6.07, 6.45) is 2.47. The number of nitrogens with zero attached hydrogens (tertiary/aromatic N) is 1. The van der Waals surface area contributed by atoms with Crippen LogP contribution in [0.4, 0.5) is 4.79 Å². The molecule has 0 aromatic carbocycles. The van der Waals surface area contributed by atoms with Gasteiger partial charge in [0.05, 0.1) is 6.61 Å². The van der Waals surface area contributed by atoms with Crippen LogP contribution in [0.2, 0.25) is 0 Å². The molecule has 0 bridgehead atoms. The molecule has 2 amide bonds. The van der Waals surface area contributed by atoms with Crippen molar-refractivity contribution in [3.05, 3.63) is 0 Å².